The lowest BCUT2D eigenvalue weighted by Gasteiger charge is -2.53. The molecule has 2 aliphatic rings. The topological polar surface area (TPSA) is 12.0 Å². The molecule has 19 heavy (non-hydrogen) atoms. The molecule has 0 heterocycles. The Balaban J connectivity index is 1.63. The lowest BCUT2D eigenvalue weighted by Crippen LogP contribution is -2.54. The molecule has 0 amide bonds. The zero-order valence-electron chi connectivity index (χ0n) is 11.8. The van der Waals surface area contributed by atoms with E-state index in [1.807, 2.05) is 12.1 Å². The van der Waals surface area contributed by atoms with Crippen LogP contribution in [0.25, 0.3) is 0 Å². The van der Waals surface area contributed by atoms with E-state index in [4.69, 9.17) is 11.6 Å². The Kier molecular flexibility index (Phi) is 3.86. The van der Waals surface area contributed by atoms with E-state index < -0.39 is 0 Å². The van der Waals surface area contributed by atoms with E-state index in [0.717, 1.165) is 11.1 Å². The van der Waals surface area contributed by atoms with E-state index in [2.05, 4.69) is 24.4 Å². The fourth-order valence-corrected chi connectivity index (χ4v) is 4.09. The van der Waals surface area contributed by atoms with Crippen molar-refractivity contribution in [2.24, 2.45) is 5.41 Å². The molecular formula is C17H24ClN. The molecule has 2 saturated carbocycles. The molecule has 0 aromatic heterocycles. The van der Waals surface area contributed by atoms with Crippen LogP contribution in [0, 0.1) is 5.41 Å². The normalized spacial score (nSPS) is 26.9. The van der Waals surface area contributed by atoms with Crippen LogP contribution in [-0.2, 0) is 0 Å². The molecule has 3 rings (SSSR count). The van der Waals surface area contributed by atoms with Crippen LogP contribution in [-0.4, -0.2) is 6.04 Å². The van der Waals surface area contributed by atoms with Crippen molar-refractivity contribution >= 4 is 11.6 Å². The number of hydrogen-bond acceptors (Lipinski definition) is 1. The smallest absolute Gasteiger partial charge is 0.0406 e. The van der Waals surface area contributed by atoms with Gasteiger partial charge in [0.2, 0.25) is 0 Å². The molecule has 1 aromatic carbocycles. The standard InChI is InChI=1S/C17H24ClN/c1-13(14-5-7-15(18)8-6-14)19-16-9-12-17(16)10-3-2-4-11-17/h5-8,13,16,19H,2-4,9-12H2,1H3/t13-,16?/m1/s1. The molecule has 2 heteroatoms. The van der Waals surface area contributed by atoms with Gasteiger partial charge in [-0.15, -0.1) is 0 Å². The van der Waals surface area contributed by atoms with Gasteiger partial charge in [0.25, 0.3) is 0 Å². The van der Waals surface area contributed by atoms with Crippen molar-refractivity contribution < 1.29 is 0 Å². The molecule has 0 aliphatic heterocycles. The molecule has 0 saturated heterocycles. The first-order valence-corrected chi connectivity index (χ1v) is 8.09. The van der Waals surface area contributed by atoms with Crippen LogP contribution in [0.1, 0.15) is 63.5 Å². The second-order valence-electron chi connectivity index (χ2n) is 6.45. The third-order valence-electron chi connectivity index (χ3n) is 5.34. The summed E-state index contributed by atoms with van der Waals surface area (Å²) in [7, 11) is 0. The number of hydrogen-bond donors (Lipinski definition) is 1. The van der Waals surface area contributed by atoms with Gasteiger partial charge in [-0.25, -0.2) is 0 Å². The summed E-state index contributed by atoms with van der Waals surface area (Å²) in [5.74, 6) is 0. The number of rotatable bonds is 3. The number of halogens is 1. The SMILES string of the molecule is C[C@@H](NC1CCC12CCCCC2)c1ccc(Cl)cc1. The molecule has 2 aliphatic carbocycles. The van der Waals surface area contributed by atoms with Crippen LogP contribution < -0.4 is 5.32 Å². The van der Waals surface area contributed by atoms with E-state index in [0.29, 0.717) is 11.5 Å². The predicted molar refractivity (Wildman–Crippen MR) is 81.5 cm³/mol. The summed E-state index contributed by atoms with van der Waals surface area (Å²) in [6.45, 7) is 2.28. The van der Waals surface area contributed by atoms with Crippen LogP contribution in [0.4, 0.5) is 0 Å². The summed E-state index contributed by atoms with van der Waals surface area (Å²) in [6, 6.07) is 9.44. The Labute approximate surface area is 121 Å². The van der Waals surface area contributed by atoms with Crippen molar-refractivity contribution in [2.75, 3.05) is 0 Å². The molecule has 2 atom stereocenters. The highest BCUT2D eigenvalue weighted by molar-refractivity contribution is 6.30. The van der Waals surface area contributed by atoms with Gasteiger partial charge in [-0.05, 0) is 55.7 Å². The molecule has 0 radical (unpaired) electrons. The van der Waals surface area contributed by atoms with Crippen molar-refractivity contribution in [2.45, 2.75) is 64.0 Å². The van der Waals surface area contributed by atoms with Crippen molar-refractivity contribution in [3.05, 3.63) is 34.9 Å². The highest BCUT2D eigenvalue weighted by atomic mass is 35.5. The number of benzene rings is 1. The van der Waals surface area contributed by atoms with E-state index in [9.17, 15) is 0 Å². The third-order valence-corrected chi connectivity index (χ3v) is 5.59. The number of nitrogens with one attached hydrogen (secondary N) is 1. The molecule has 1 nitrogen and oxygen atoms in total. The van der Waals surface area contributed by atoms with Crippen LogP contribution in [0.3, 0.4) is 0 Å². The molecule has 2 fully saturated rings. The average molecular weight is 278 g/mol. The summed E-state index contributed by atoms with van der Waals surface area (Å²) in [5, 5.41) is 4.69. The quantitative estimate of drug-likeness (QED) is 0.810. The fourth-order valence-electron chi connectivity index (χ4n) is 3.96. The van der Waals surface area contributed by atoms with Crippen LogP contribution in [0.2, 0.25) is 5.02 Å². The monoisotopic (exact) mass is 277 g/mol. The zero-order valence-corrected chi connectivity index (χ0v) is 12.5. The second-order valence-corrected chi connectivity index (χ2v) is 6.89. The molecule has 1 aromatic rings. The summed E-state index contributed by atoms with van der Waals surface area (Å²) in [5.41, 5.74) is 1.99. The summed E-state index contributed by atoms with van der Waals surface area (Å²) in [6.07, 6.45) is 10.0. The first kappa shape index (κ1) is 13.5. The van der Waals surface area contributed by atoms with Crippen molar-refractivity contribution in [3.8, 4) is 0 Å². The molecule has 1 spiro atoms. The minimum absolute atomic E-state index is 0.432. The largest absolute Gasteiger partial charge is 0.307 e. The first-order chi connectivity index (χ1) is 9.20. The maximum Gasteiger partial charge on any atom is 0.0406 e. The highest BCUT2D eigenvalue weighted by Crippen LogP contribution is 2.52. The van der Waals surface area contributed by atoms with Crippen molar-refractivity contribution in [1.29, 1.82) is 0 Å². The summed E-state index contributed by atoms with van der Waals surface area (Å²) >= 11 is 5.96. The minimum Gasteiger partial charge on any atom is -0.307 e. The van der Waals surface area contributed by atoms with Gasteiger partial charge in [-0.3, -0.25) is 0 Å². The van der Waals surface area contributed by atoms with E-state index in [-0.39, 0.29) is 0 Å². The molecular weight excluding hydrogens is 254 g/mol. The third kappa shape index (κ3) is 2.68. The zero-order chi connectivity index (χ0) is 13.3. The Morgan fingerprint density at radius 2 is 1.79 bits per heavy atom. The van der Waals surface area contributed by atoms with Crippen LogP contribution >= 0.6 is 11.6 Å². The van der Waals surface area contributed by atoms with Crippen LogP contribution in [0.5, 0.6) is 0 Å². The Morgan fingerprint density at radius 1 is 1.11 bits per heavy atom. The maximum atomic E-state index is 5.96. The van der Waals surface area contributed by atoms with Gasteiger partial charge in [0.1, 0.15) is 0 Å². The molecule has 0 bridgehead atoms. The van der Waals surface area contributed by atoms with Gasteiger partial charge in [-0.1, -0.05) is 43.0 Å². The van der Waals surface area contributed by atoms with E-state index in [1.54, 1.807) is 0 Å². The lowest BCUT2D eigenvalue weighted by atomic mass is 9.57. The van der Waals surface area contributed by atoms with Gasteiger partial charge in [0.05, 0.1) is 0 Å². The lowest BCUT2D eigenvalue weighted by molar-refractivity contribution is 0.0174. The van der Waals surface area contributed by atoms with Gasteiger partial charge in [0, 0.05) is 17.1 Å². The van der Waals surface area contributed by atoms with E-state index in [1.165, 1.54) is 50.5 Å². The van der Waals surface area contributed by atoms with Crippen LogP contribution in [0.15, 0.2) is 24.3 Å². The molecule has 1 N–H and O–H groups in total. The van der Waals surface area contributed by atoms with Gasteiger partial charge in [0.15, 0.2) is 0 Å². The maximum absolute atomic E-state index is 5.96. The Bertz CT molecular complexity index is 419. The Hall–Kier alpha value is -0.530. The Morgan fingerprint density at radius 3 is 2.37 bits per heavy atom. The first-order valence-electron chi connectivity index (χ1n) is 7.71. The molecule has 104 valence electrons. The molecule has 1 unspecified atom stereocenters. The van der Waals surface area contributed by atoms with Gasteiger partial charge < -0.3 is 5.32 Å². The second kappa shape index (κ2) is 5.46. The van der Waals surface area contributed by atoms with E-state index >= 15 is 0 Å². The van der Waals surface area contributed by atoms with Gasteiger partial charge in [-0.2, -0.15) is 0 Å². The minimum atomic E-state index is 0.432. The average Bonchev–Trinajstić information content (AvgIpc) is 2.45. The summed E-state index contributed by atoms with van der Waals surface area (Å²) < 4.78 is 0. The predicted octanol–water partition coefficient (Wildman–Crippen LogP) is 5.10. The fraction of sp³-hybridized carbons (Fsp3) is 0.647. The summed E-state index contributed by atoms with van der Waals surface area (Å²) in [4.78, 5) is 0. The van der Waals surface area contributed by atoms with Crippen molar-refractivity contribution in [3.63, 3.8) is 0 Å². The van der Waals surface area contributed by atoms with Gasteiger partial charge >= 0.3 is 0 Å². The van der Waals surface area contributed by atoms with Crippen molar-refractivity contribution in [1.82, 2.24) is 5.32 Å². The highest BCUT2D eigenvalue weighted by Gasteiger charge is 2.46.